The van der Waals surface area contributed by atoms with Crippen molar-refractivity contribution in [2.24, 2.45) is 0 Å². The summed E-state index contributed by atoms with van der Waals surface area (Å²) in [6.07, 6.45) is 1.73. The first kappa shape index (κ1) is 11.2. The molecule has 0 spiro atoms. The molecule has 72 valence electrons. The SMILES string of the molecule is CS(=O)c1ccc[c]([Sn]([CH3])([CH3])[CH3])c1. The molecule has 0 N–H and O–H groups in total. The third kappa shape index (κ3) is 3.09. The summed E-state index contributed by atoms with van der Waals surface area (Å²) in [5.74, 6) is 0. The Balaban J connectivity index is 3.13. The van der Waals surface area contributed by atoms with Crippen LogP contribution < -0.4 is 3.58 Å². The Labute approximate surface area is 86.9 Å². The average molecular weight is 303 g/mol. The van der Waals surface area contributed by atoms with Crippen LogP contribution in [0.1, 0.15) is 0 Å². The summed E-state index contributed by atoms with van der Waals surface area (Å²) in [6.45, 7) is 0. The second-order valence-corrected chi connectivity index (χ2v) is 20.1. The van der Waals surface area contributed by atoms with E-state index in [0.29, 0.717) is 0 Å². The molecule has 1 aromatic carbocycles. The molecule has 0 aromatic heterocycles. The molecule has 0 radical (unpaired) electrons. The first-order valence-electron chi connectivity index (χ1n) is 4.35. The van der Waals surface area contributed by atoms with Gasteiger partial charge in [0.2, 0.25) is 0 Å². The summed E-state index contributed by atoms with van der Waals surface area (Å²) in [7, 11) is -0.840. The summed E-state index contributed by atoms with van der Waals surface area (Å²) >= 11 is -1.95. The van der Waals surface area contributed by atoms with Crippen LogP contribution >= 0.6 is 0 Å². The monoisotopic (exact) mass is 304 g/mol. The fourth-order valence-corrected chi connectivity index (χ4v) is 5.38. The van der Waals surface area contributed by atoms with Gasteiger partial charge in [-0.15, -0.1) is 0 Å². The Morgan fingerprint density at radius 1 is 1.23 bits per heavy atom. The van der Waals surface area contributed by atoms with Crippen LogP contribution in [0.5, 0.6) is 0 Å². The van der Waals surface area contributed by atoms with Gasteiger partial charge in [-0.05, 0) is 0 Å². The first-order chi connectivity index (χ1) is 5.91. The van der Waals surface area contributed by atoms with Crippen LogP contribution in [0.25, 0.3) is 0 Å². The zero-order valence-corrected chi connectivity index (χ0v) is 12.3. The molecular formula is C10H16OSSn. The van der Waals surface area contributed by atoms with E-state index in [2.05, 4.69) is 27.0 Å². The fourth-order valence-electron chi connectivity index (χ4n) is 1.14. The Hall–Kier alpha value is 0.169. The van der Waals surface area contributed by atoms with Crippen LogP contribution in [0, 0.1) is 0 Å². The van der Waals surface area contributed by atoms with E-state index in [1.54, 1.807) is 6.26 Å². The summed E-state index contributed by atoms with van der Waals surface area (Å²) in [6, 6.07) is 8.25. The van der Waals surface area contributed by atoms with Crippen molar-refractivity contribution in [3.05, 3.63) is 24.3 Å². The van der Waals surface area contributed by atoms with E-state index >= 15 is 0 Å². The molecule has 0 amide bonds. The molecule has 0 heterocycles. The molecule has 0 bridgehead atoms. The summed E-state index contributed by atoms with van der Waals surface area (Å²) in [5.41, 5.74) is 0. The maximum absolute atomic E-state index is 11.3. The van der Waals surface area contributed by atoms with Crippen LogP contribution in [0.3, 0.4) is 0 Å². The van der Waals surface area contributed by atoms with Crippen molar-refractivity contribution in [2.75, 3.05) is 6.26 Å². The number of rotatable bonds is 2. The Morgan fingerprint density at radius 3 is 2.31 bits per heavy atom. The van der Waals surface area contributed by atoms with Crippen LogP contribution in [-0.4, -0.2) is 28.8 Å². The zero-order chi connectivity index (χ0) is 10.1. The quantitative estimate of drug-likeness (QED) is 0.764. The molecule has 1 rings (SSSR count). The second-order valence-electron chi connectivity index (χ2n) is 4.23. The molecule has 0 fully saturated rings. The molecule has 1 atom stereocenters. The second kappa shape index (κ2) is 4.13. The number of hydrogen-bond donors (Lipinski definition) is 0. The molecule has 1 aromatic rings. The van der Waals surface area contributed by atoms with Gasteiger partial charge in [0.25, 0.3) is 0 Å². The predicted octanol–water partition coefficient (Wildman–Crippen LogP) is 1.97. The normalized spacial score (nSPS) is 14.2. The standard InChI is InChI=1S/C7H7OS.3CH3.Sn/c1-9(8)7-5-3-2-4-6-7;;;;/h2-3,5-6H,1H3;3*1H3;. The van der Waals surface area contributed by atoms with Crippen LogP contribution in [0.15, 0.2) is 29.2 Å². The van der Waals surface area contributed by atoms with E-state index in [9.17, 15) is 4.21 Å². The molecule has 0 aliphatic rings. The predicted molar refractivity (Wildman–Crippen MR) is 61.8 cm³/mol. The van der Waals surface area contributed by atoms with E-state index < -0.39 is 29.2 Å². The van der Waals surface area contributed by atoms with E-state index in [0.717, 1.165) is 4.90 Å². The molecule has 3 heteroatoms. The molecule has 1 nitrogen and oxygen atoms in total. The molecule has 0 aliphatic carbocycles. The van der Waals surface area contributed by atoms with E-state index in [4.69, 9.17) is 0 Å². The molecule has 0 saturated carbocycles. The molecule has 0 saturated heterocycles. The Morgan fingerprint density at radius 2 is 1.85 bits per heavy atom. The van der Waals surface area contributed by atoms with Crippen LogP contribution in [0.2, 0.25) is 14.8 Å². The molecule has 13 heavy (non-hydrogen) atoms. The van der Waals surface area contributed by atoms with Gasteiger partial charge in [-0.3, -0.25) is 0 Å². The summed E-state index contributed by atoms with van der Waals surface area (Å²) in [5, 5.41) is 0. The zero-order valence-electron chi connectivity index (χ0n) is 8.63. The first-order valence-corrected chi connectivity index (χ1v) is 15.9. The van der Waals surface area contributed by atoms with Crippen molar-refractivity contribution in [3.63, 3.8) is 0 Å². The summed E-state index contributed by atoms with van der Waals surface area (Å²) in [4.78, 5) is 8.06. The fraction of sp³-hybridized carbons (Fsp3) is 0.400. The van der Waals surface area contributed by atoms with Crippen molar-refractivity contribution in [1.82, 2.24) is 0 Å². The van der Waals surface area contributed by atoms with Gasteiger partial charge in [-0.2, -0.15) is 0 Å². The Kier molecular flexibility index (Phi) is 3.57. The van der Waals surface area contributed by atoms with Gasteiger partial charge in [-0.25, -0.2) is 0 Å². The van der Waals surface area contributed by atoms with Crippen molar-refractivity contribution < 1.29 is 4.21 Å². The summed E-state index contributed by atoms with van der Waals surface area (Å²) < 4.78 is 12.7. The minimum atomic E-state index is -1.95. The molecule has 0 aliphatic heterocycles. The van der Waals surface area contributed by atoms with E-state index in [1.165, 1.54) is 3.58 Å². The van der Waals surface area contributed by atoms with Gasteiger partial charge < -0.3 is 0 Å². The van der Waals surface area contributed by atoms with Gasteiger partial charge in [0.1, 0.15) is 0 Å². The van der Waals surface area contributed by atoms with Crippen LogP contribution in [-0.2, 0) is 10.8 Å². The molecule has 1 unspecified atom stereocenters. The van der Waals surface area contributed by atoms with Gasteiger partial charge in [-0.1, -0.05) is 0 Å². The average Bonchev–Trinajstić information content (AvgIpc) is 2.03. The van der Waals surface area contributed by atoms with Gasteiger partial charge in [0, 0.05) is 0 Å². The van der Waals surface area contributed by atoms with Crippen molar-refractivity contribution >= 4 is 32.8 Å². The van der Waals surface area contributed by atoms with Gasteiger partial charge in [0.05, 0.1) is 0 Å². The van der Waals surface area contributed by atoms with E-state index in [1.807, 2.05) is 12.1 Å². The maximum atomic E-state index is 11.3. The van der Waals surface area contributed by atoms with Crippen molar-refractivity contribution in [3.8, 4) is 0 Å². The number of hydrogen-bond acceptors (Lipinski definition) is 1. The molecular weight excluding hydrogens is 287 g/mol. The topological polar surface area (TPSA) is 17.1 Å². The Bertz CT molecular complexity index is 328. The van der Waals surface area contributed by atoms with E-state index in [-0.39, 0.29) is 0 Å². The van der Waals surface area contributed by atoms with Gasteiger partial charge >= 0.3 is 87.2 Å². The third-order valence-electron chi connectivity index (χ3n) is 2.03. The van der Waals surface area contributed by atoms with Crippen LogP contribution in [0.4, 0.5) is 0 Å². The number of benzene rings is 1. The third-order valence-corrected chi connectivity index (χ3v) is 8.78. The van der Waals surface area contributed by atoms with Gasteiger partial charge in [0.15, 0.2) is 0 Å². The van der Waals surface area contributed by atoms with Crippen molar-refractivity contribution in [2.45, 2.75) is 19.7 Å². The van der Waals surface area contributed by atoms with Crippen molar-refractivity contribution in [1.29, 1.82) is 0 Å². The minimum absolute atomic E-state index is 0.840.